The van der Waals surface area contributed by atoms with E-state index in [2.05, 4.69) is 5.32 Å². The van der Waals surface area contributed by atoms with Gasteiger partial charge < -0.3 is 15.0 Å². The summed E-state index contributed by atoms with van der Waals surface area (Å²) in [6.07, 6.45) is 0.780. The second kappa shape index (κ2) is 15.7. The zero-order chi connectivity index (χ0) is 34.1. The van der Waals surface area contributed by atoms with Gasteiger partial charge in [-0.1, -0.05) is 79.2 Å². The van der Waals surface area contributed by atoms with E-state index in [0.717, 1.165) is 21.0 Å². The quantitative estimate of drug-likeness (QED) is 0.174. The van der Waals surface area contributed by atoms with Crippen LogP contribution >= 0.6 is 0 Å². The molecule has 0 saturated carbocycles. The molecule has 4 aromatic carbocycles. The summed E-state index contributed by atoms with van der Waals surface area (Å²) >= 11 is 0. The predicted molar refractivity (Wildman–Crippen MR) is 182 cm³/mol. The van der Waals surface area contributed by atoms with Crippen molar-refractivity contribution >= 4 is 27.5 Å². The molecule has 1 N–H and O–H groups in total. The van der Waals surface area contributed by atoms with Gasteiger partial charge in [-0.25, -0.2) is 12.8 Å². The fourth-order valence-corrected chi connectivity index (χ4v) is 6.57. The van der Waals surface area contributed by atoms with Crippen molar-refractivity contribution in [2.24, 2.45) is 0 Å². The number of anilines is 1. The Labute approximate surface area is 277 Å². The summed E-state index contributed by atoms with van der Waals surface area (Å²) in [7, 11) is -2.90. The van der Waals surface area contributed by atoms with Gasteiger partial charge in [0, 0.05) is 24.6 Å². The maximum absolute atomic E-state index is 15.1. The first kappa shape index (κ1) is 35.2. The van der Waals surface area contributed by atoms with Gasteiger partial charge in [-0.05, 0) is 68.7 Å². The number of methoxy groups -OCH3 is 1. The molecule has 0 unspecified atom stereocenters. The maximum atomic E-state index is 15.1. The molecule has 248 valence electrons. The van der Waals surface area contributed by atoms with Crippen LogP contribution in [0.4, 0.5) is 10.1 Å². The Bertz CT molecular complexity index is 1780. The van der Waals surface area contributed by atoms with E-state index in [1.807, 2.05) is 51.1 Å². The van der Waals surface area contributed by atoms with Gasteiger partial charge in [0.05, 0.1) is 17.7 Å². The number of carbonyl (C=O) groups is 2. The molecule has 0 aliphatic carbocycles. The van der Waals surface area contributed by atoms with Crippen LogP contribution in [0.15, 0.2) is 102 Å². The number of carbonyl (C=O) groups excluding carboxylic acids is 2. The largest absolute Gasteiger partial charge is 0.495 e. The Morgan fingerprint density at radius 3 is 2.17 bits per heavy atom. The Kier molecular flexibility index (Phi) is 11.8. The van der Waals surface area contributed by atoms with Crippen molar-refractivity contribution in [3.63, 3.8) is 0 Å². The van der Waals surface area contributed by atoms with Crippen LogP contribution in [0.5, 0.6) is 5.75 Å². The van der Waals surface area contributed by atoms with Gasteiger partial charge in [0.2, 0.25) is 11.8 Å². The summed E-state index contributed by atoms with van der Waals surface area (Å²) in [6.45, 7) is 6.51. The number of hydrogen-bond acceptors (Lipinski definition) is 5. The van der Waals surface area contributed by atoms with Gasteiger partial charge in [0.25, 0.3) is 10.0 Å². The highest BCUT2D eigenvalue weighted by atomic mass is 32.2. The summed E-state index contributed by atoms with van der Waals surface area (Å²) in [6, 6.07) is 25.4. The minimum absolute atomic E-state index is 0.0181. The summed E-state index contributed by atoms with van der Waals surface area (Å²) in [5.41, 5.74) is 2.75. The van der Waals surface area contributed by atoms with E-state index in [-0.39, 0.29) is 40.9 Å². The molecule has 0 aliphatic rings. The zero-order valence-electron chi connectivity index (χ0n) is 27.4. The minimum atomic E-state index is -4.33. The molecule has 0 aromatic heterocycles. The molecule has 4 aromatic rings. The van der Waals surface area contributed by atoms with E-state index in [0.29, 0.717) is 6.42 Å². The number of benzene rings is 4. The number of aryl methyl sites for hydroxylation is 2. The van der Waals surface area contributed by atoms with Gasteiger partial charge in [-0.3, -0.25) is 13.9 Å². The fourth-order valence-electron chi connectivity index (χ4n) is 5.15. The lowest BCUT2D eigenvalue weighted by Crippen LogP contribution is -2.54. The molecule has 0 bridgehead atoms. The molecule has 2 amide bonds. The first-order valence-electron chi connectivity index (χ1n) is 15.6. The molecule has 0 spiro atoms. The van der Waals surface area contributed by atoms with E-state index in [1.54, 1.807) is 55.5 Å². The van der Waals surface area contributed by atoms with Gasteiger partial charge in [0.15, 0.2) is 0 Å². The molecule has 10 heteroatoms. The van der Waals surface area contributed by atoms with E-state index < -0.39 is 40.2 Å². The second-order valence-electron chi connectivity index (χ2n) is 11.6. The Morgan fingerprint density at radius 1 is 0.894 bits per heavy atom. The van der Waals surface area contributed by atoms with Gasteiger partial charge in [-0.2, -0.15) is 0 Å². The molecule has 0 radical (unpaired) electrons. The molecule has 0 fully saturated rings. The van der Waals surface area contributed by atoms with Crippen molar-refractivity contribution in [1.29, 1.82) is 0 Å². The predicted octanol–water partition coefficient (Wildman–Crippen LogP) is 6.20. The number of sulfonamides is 1. The molecule has 0 saturated heterocycles. The summed E-state index contributed by atoms with van der Waals surface area (Å²) in [4.78, 5) is 29.8. The first-order chi connectivity index (χ1) is 22.4. The fraction of sp³-hybridized carbons (Fsp3) is 0.297. The van der Waals surface area contributed by atoms with Crippen LogP contribution in [0.2, 0.25) is 0 Å². The molecule has 47 heavy (non-hydrogen) atoms. The monoisotopic (exact) mass is 659 g/mol. The lowest BCUT2D eigenvalue weighted by Gasteiger charge is -2.34. The molecule has 0 heterocycles. The third-order valence-corrected chi connectivity index (χ3v) is 9.84. The number of ether oxygens (including phenoxy) is 1. The zero-order valence-corrected chi connectivity index (χ0v) is 28.3. The van der Waals surface area contributed by atoms with Gasteiger partial charge in [-0.15, -0.1) is 0 Å². The average molecular weight is 660 g/mol. The van der Waals surface area contributed by atoms with Crippen molar-refractivity contribution in [3.05, 3.63) is 125 Å². The minimum Gasteiger partial charge on any atom is -0.495 e. The van der Waals surface area contributed by atoms with Crippen molar-refractivity contribution in [3.8, 4) is 5.75 Å². The number of nitrogens with one attached hydrogen (secondary N) is 1. The van der Waals surface area contributed by atoms with Crippen molar-refractivity contribution in [2.45, 2.75) is 64.1 Å². The smallest absolute Gasteiger partial charge is 0.264 e. The summed E-state index contributed by atoms with van der Waals surface area (Å²) < 4.78 is 50.4. The Hall–Kier alpha value is -4.70. The van der Waals surface area contributed by atoms with Crippen LogP contribution in [-0.4, -0.2) is 50.9 Å². The maximum Gasteiger partial charge on any atom is 0.264 e. The third-order valence-electron chi connectivity index (χ3n) is 8.06. The molecular weight excluding hydrogens is 617 g/mol. The van der Waals surface area contributed by atoms with Crippen molar-refractivity contribution in [1.82, 2.24) is 10.2 Å². The first-order valence-corrected chi connectivity index (χ1v) is 17.0. The number of rotatable bonds is 14. The lowest BCUT2D eigenvalue weighted by molar-refractivity contribution is -0.140. The van der Waals surface area contributed by atoms with E-state index in [4.69, 9.17) is 4.74 Å². The second-order valence-corrected chi connectivity index (χ2v) is 13.5. The van der Waals surface area contributed by atoms with E-state index >= 15 is 4.39 Å². The van der Waals surface area contributed by atoms with Gasteiger partial charge in [0.1, 0.15) is 24.2 Å². The Morgan fingerprint density at radius 2 is 1.53 bits per heavy atom. The van der Waals surface area contributed by atoms with Crippen LogP contribution in [0.25, 0.3) is 0 Å². The van der Waals surface area contributed by atoms with Gasteiger partial charge >= 0.3 is 0 Å². The topological polar surface area (TPSA) is 96.0 Å². The molecular formula is C37H42FN3O5S. The van der Waals surface area contributed by atoms with Crippen LogP contribution < -0.4 is 14.4 Å². The van der Waals surface area contributed by atoms with Crippen molar-refractivity contribution < 1.29 is 27.1 Å². The van der Waals surface area contributed by atoms with Crippen LogP contribution in [-0.2, 0) is 32.6 Å². The molecule has 4 rings (SSSR count). The van der Waals surface area contributed by atoms with Crippen LogP contribution in [0.3, 0.4) is 0 Å². The lowest BCUT2D eigenvalue weighted by atomic mass is 10.0. The van der Waals surface area contributed by atoms with E-state index in [1.165, 1.54) is 30.2 Å². The number of hydrogen-bond donors (Lipinski definition) is 1. The SMILES string of the molecule is CC[C@H](C)NC(=O)[C@H](Cc1ccccc1)N(Cc1ccccc1F)C(=O)CN(c1cc(C)ccc1OC)S(=O)(=O)c1ccc(C)cc1. The highest BCUT2D eigenvalue weighted by molar-refractivity contribution is 7.92. The van der Waals surface area contributed by atoms with Crippen molar-refractivity contribution in [2.75, 3.05) is 18.0 Å². The van der Waals surface area contributed by atoms with Crippen LogP contribution in [0, 0.1) is 19.7 Å². The normalized spacial score (nSPS) is 12.6. The third kappa shape index (κ3) is 8.77. The summed E-state index contributed by atoms with van der Waals surface area (Å²) in [5.74, 6) is -1.41. The molecule has 8 nitrogen and oxygen atoms in total. The van der Waals surface area contributed by atoms with E-state index in [9.17, 15) is 18.0 Å². The number of amides is 2. The van der Waals surface area contributed by atoms with Crippen LogP contribution in [0.1, 0.15) is 42.5 Å². The molecule has 0 aliphatic heterocycles. The number of halogens is 1. The molecule has 2 atom stereocenters. The average Bonchev–Trinajstić information content (AvgIpc) is 3.06. The number of nitrogens with zero attached hydrogens (tertiary/aromatic N) is 2. The highest BCUT2D eigenvalue weighted by Gasteiger charge is 2.36. The standard InChI is InChI=1S/C37H42FN3O5S/c1-6-28(4)39-37(43)34(23-29-12-8-7-9-13-29)40(24-30-14-10-11-15-32(30)38)36(42)25-41(33-22-27(3)18-21-35(33)46-5)47(44,45)31-19-16-26(2)17-20-31/h7-22,28,34H,6,23-25H2,1-5H3,(H,39,43)/t28-,34-/m0/s1. The highest BCUT2D eigenvalue weighted by Crippen LogP contribution is 2.34. The summed E-state index contributed by atoms with van der Waals surface area (Å²) in [5, 5.41) is 2.98. The Balaban J connectivity index is 1.87.